The Morgan fingerprint density at radius 2 is 2.19 bits per heavy atom. The molecule has 1 saturated carbocycles. The summed E-state index contributed by atoms with van der Waals surface area (Å²) in [5, 5.41) is 11.8. The molecule has 0 unspecified atom stereocenters. The smallest absolute Gasteiger partial charge is 0.308 e. The molecule has 114 valence electrons. The van der Waals surface area contributed by atoms with E-state index in [1.165, 1.54) is 12.1 Å². The summed E-state index contributed by atoms with van der Waals surface area (Å²) < 4.78 is 18.1. The van der Waals surface area contributed by atoms with Crippen LogP contribution in [0.1, 0.15) is 19.3 Å². The Bertz CT molecular complexity index is 552. The number of hydrogen-bond donors (Lipinski definition) is 2. The first-order valence-corrected chi connectivity index (χ1v) is 6.95. The predicted molar refractivity (Wildman–Crippen MR) is 73.8 cm³/mol. The van der Waals surface area contributed by atoms with Crippen LogP contribution >= 0.6 is 11.6 Å². The number of carboxylic acids is 1. The zero-order chi connectivity index (χ0) is 15.4. The lowest BCUT2D eigenvalue weighted by molar-refractivity contribution is -0.142. The molecule has 1 fully saturated rings. The van der Waals surface area contributed by atoms with Crippen molar-refractivity contribution < 1.29 is 23.8 Å². The molecule has 2 N–H and O–H groups in total. The van der Waals surface area contributed by atoms with Crippen LogP contribution in [0.4, 0.5) is 4.39 Å². The lowest BCUT2D eigenvalue weighted by atomic mass is 10.0. The van der Waals surface area contributed by atoms with Gasteiger partial charge in [0.25, 0.3) is 5.91 Å². The molecule has 21 heavy (non-hydrogen) atoms. The number of rotatable bonds is 5. The Labute approximate surface area is 126 Å². The Hall–Kier alpha value is -1.82. The number of halogens is 2. The van der Waals surface area contributed by atoms with Gasteiger partial charge in [0, 0.05) is 6.04 Å². The third-order valence-electron chi connectivity index (χ3n) is 3.43. The number of carboxylic acid groups (broad SMARTS) is 1. The third-order valence-corrected chi connectivity index (χ3v) is 3.73. The van der Waals surface area contributed by atoms with Crippen LogP contribution < -0.4 is 10.1 Å². The topological polar surface area (TPSA) is 75.6 Å². The molecule has 1 aromatic carbocycles. The van der Waals surface area contributed by atoms with Crippen LogP contribution in [-0.2, 0) is 9.59 Å². The van der Waals surface area contributed by atoms with Crippen LogP contribution in [0.15, 0.2) is 18.2 Å². The molecular weight excluding hydrogens is 301 g/mol. The maximum atomic E-state index is 12.9. The summed E-state index contributed by atoms with van der Waals surface area (Å²) in [7, 11) is 0. The van der Waals surface area contributed by atoms with Gasteiger partial charge in [0.05, 0.1) is 10.9 Å². The first-order chi connectivity index (χ1) is 9.97. The Balaban J connectivity index is 1.86. The minimum atomic E-state index is -0.903. The van der Waals surface area contributed by atoms with Gasteiger partial charge in [-0.25, -0.2) is 4.39 Å². The third kappa shape index (κ3) is 4.07. The van der Waals surface area contributed by atoms with E-state index in [0.717, 1.165) is 12.5 Å². The summed E-state index contributed by atoms with van der Waals surface area (Å²) in [5.41, 5.74) is 0. The molecule has 1 aliphatic carbocycles. The number of carbonyl (C=O) groups excluding carboxylic acids is 1. The van der Waals surface area contributed by atoms with Gasteiger partial charge in [-0.3, -0.25) is 9.59 Å². The molecule has 0 bridgehead atoms. The molecule has 1 amide bonds. The first kappa shape index (κ1) is 15.6. The quantitative estimate of drug-likeness (QED) is 0.873. The molecule has 7 heteroatoms. The van der Waals surface area contributed by atoms with E-state index < -0.39 is 23.6 Å². The molecule has 2 rings (SSSR count). The Kier molecular flexibility index (Phi) is 5.01. The fraction of sp³-hybridized carbons (Fsp3) is 0.429. The van der Waals surface area contributed by atoms with E-state index in [1.807, 2.05) is 0 Å². The number of carbonyl (C=O) groups is 2. The molecule has 0 spiro atoms. The fourth-order valence-electron chi connectivity index (χ4n) is 2.41. The summed E-state index contributed by atoms with van der Waals surface area (Å²) in [5.74, 6) is -2.17. The van der Waals surface area contributed by atoms with Crippen molar-refractivity contribution in [1.29, 1.82) is 0 Å². The van der Waals surface area contributed by atoms with Crippen molar-refractivity contribution in [1.82, 2.24) is 5.32 Å². The van der Waals surface area contributed by atoms with Crippen molar-refractivity contribution in [3.05, 3.63) is 29.0 Å². The summed E-state index contributed by atoms with van der Waals surface area (Å²) in [4.78, 5) is 22.8. The van der Waals surface area contributed by atoms with E-state index in [4.69, 9.17) is 21.4 Å². The highest BCUT2D eigenvalue weighted by molar-refractivity contribution is 6.32. The van der Waals surface area contributed by atoms with Gasteiger partial charge in [-0.2, -0.15) is 0 Å². The minimum absolute atomic E-state index is 0.0760. The molecular formula is C14H15ClFNO4. The van der Waals surface area contributed by atoms with Gasteiger partial charge >= 0.3 is 5.97 Å². The fourth-order valence-corrected chi connectivity index (χ4v) is 2.63. The predicted octanol–water partition coefficient (Wildman–Crippen LogP) is 2.23. The molecule has 0 aromatic heterocycles. The summed E-state index contributed by atoms with van der Waals surface area (Å²) in [6.45, 7) is -0.297. The second-order valence-electron chi connectivity index (χ2n) is 4.91. The zero-order valence-corrected chi connectivity index (χ0v) is 11.9. The lowest BCUT2D eigenvalue weighted by Gasteiger charge is -2.17. The summed E-state index contributed by atoms with van der Waals surface area (Å²) in [6.07, 6.45) is 1.97. The minimum Gasteiger partial charge on any atom is -0.482 e. The van der Waals surface area contributed by atoms with Gasteiger partial charge in [-0.05, 0) is 31.0 Å². The zero-order valence-electron chi connectivity index (χ0n) is 11.1. The van der Waals surface area contributed by atoms with Crippen LogP contribution in [0.5, 0.6) is 5.75 Å². The SMILES string of the molecule is O=C(COc1ccc(F)cc1Cl)N[C@H]1CCC[C@H]1C(=O)O. The average molecular weight is 316 g/mol. The monoisotopic (exact) mass is 315 g/mol. The highest BCUT2D eigenvalue weighted by atomic mass is 35.5. The van der Waals surface area contributed by atoms with E-state index >= 15 is 0 Å². The van der Waals surface area contributed by atoms with E-state index in [-0.39, 0.29) is 23.4 Å². The summed E-state index contributed by atoms with van der Waals surface area (Å²) in [6, 6.07) is 3.23. The van der Waals surface area contributed by atoms with Crippen molar-refractivity contribution in [2.75, 3.05) is 6.61 Å². The average Bonchev–Trinajstić information content (AvgIpc) is 2.86. The van der Waals surface area contributed by atoms with Gasteiger partial charge < -0.3 is 15.2 Å². The highest BCUT2D eigenvalue weighted by Gasteiger charge is 2.33. The number of amides is 1. The largest absolute Gasteiger partial charge is 0.482 e. The Morgan fingerprint density at radius 1 is 1.43 bits per heavy atom. The molecule has 2 atom stereocenters. The molecule has 0 heterocycles. The second-order valence-corrected chi connectivity index (χ2v) is 5.32. The lowest BCUT2D eigenvalue weighted by Crippen LogP contribution is -2.42. The van der Waals surface area contributed by atoms with Crippen molar-refractivity contribution in [2.45, 2.75) is 25.3 Å². The number of aliphatic carboxylic acids is 1. The van der Waals surface area contributed by atoms with E-state index in [2.05, 4.69) is 5.32 Å². The van der Waals surface area contributed by atoms with Crippen molar-refractivity contribution in [2.24, 2.45) is 5.92 Å². The van der Waals surface area contributed by atoms with Crippen LogP contribution in [0.2, 0.25) is 5.02 Å². The van der Waals surface area contributed by atoms with Gasteiger partial charge in [0.2, 0.25) is 0 Å². The van der Waals surface area contributed by atoms with Gasteiger partial charge in [-0.1, -0.05) is 18.0 Å². The van der Waals surface area contributed by atoms with Crippen molar-refractivity contribution >= 4 is 23.5 Å². The molecule has 0 saturated heterocycles. The van der Waals surface area contributed by atoms with Crippen LogP contribution in [0, 0.1) is 11.7 Å². The number of benzene rings is 1. The van der Waals surface area contributed by atoms with E-state index in [9.17, 15) is 14.0 Å². The second kappa shape index (κ2) is 6.76. The molecule has 5 nitrogen and oxygen atoms in total. The van der Waals surface area contributed by atoms with Crippen LogP contribution in [-0.4, -0.2) is 29.6 Å². The maximum Gasteiger partial charge on any atom is 0.308 e. The van der Waals surface area contributed by atoms with Crippen molar-refractivity contribution in [3.63, 3.8) is 0 Å². The number of nitrogens with one attached hydrogen (secondary N) is 1. The van der Waals surface area contributed by atoms with Gasteiger partial charge in [0.15, 0.2) is 6.61 Å². The maximum absolute atomic E-state index is 12.9. The van der Waals surface area contributed by atoms with E-state index in [0.29, 0.717) is 12.8 Å². The van der Waals surface area contributed by atoms with Crippen LogP contribution in [0.3, 0.4) is 0 Å². The Morgan fingerprint density at radius 3 is 2.86 bits per heavy atom. The first-order valence-electron chi connectivity index (χ1n) is 6.57. The molecule has 1 aromatic rings. The van der Waals surface area contributed by atoms with Gasteiger partial charge in [0.1, 0.15) is 11.6 Å². The van der Waals surface area contributed by atoms with Gasteiger partial charge in [-0.15, -0.1) is 0 Å². The highest BCUT2D eigenvalue weighted by Crippen LogP contribution is 2.26. The number of ether oxygens (including phenoxy) is 1. The molecule has 0 aliphatic heterocycles. The van der Waals surface area contributed by atoms with E-state index in [1.54, 1.807) is 0 Å². The molecule has 1 aliphatic rings. The van der Waals surface area contributed by atoms with Crippen LogP contribution in [0.25, 0.3) is 0 Å². The standard InChI is InChI=1S/C14H15ClFNO4/c15-10-6-8(16)4-5-12(10)21-7-13(18)17-11-3-1-2-9(11)14(19)20/h4-6,9,11H,1-3,7H2,(H,17,18)(H,19,20)/t9-,11+/m1/s1. The normalized spacial score (nSPS) is 21.0. The number of hydrogen-bond acceptors (Lipinski definition) is 3. The van der Waals surface area contributed by atoms with Crippen molar-refractivity contribution in [3.8, 4) is 5.75 Å². The summed E-state index contributed by atoms with van der Waals surface area (Å²) >= 11 is 5.77. The molecule has 0 radical (unpaired) electrons.